The maximum absolute atomic E-state index is 11.6. The summed E-state index contributed by atoms with van der Waals surface area (Å²) in [4.78, 5) is 15.7. The Morgan fingerprint density at radius 1 is 1.38 bits per heavy atom. The first-order valence-corrected chi connectivity index (χ1v) is 5.81. The summed E-state index contributed by atoms with van der Waals surface area (Å²) in [5.74, 6) is 0. The number of ether oxygens (including phenoxy) is 1. The molecule has 0 amide bonds. The molecule has 2 rings (SSSR count). The Morgan fingerprint density at radius 2 is 2.12 bits per heavy atom. The van der Waals surface area contributed by atoms with E-state index in [4.69, 9.17) is 4.74 Å². The molecule has 3 nitrogen and oxygen atoms in total. The second kappa shape index (κ2) is 4.99. The topological polar surface area (TPSA) is 38.7 Å². The average Bonchev–Trinajstić information content (AvgIpc) is 2.61. The van der Waals surface area contributed by atoms with Gasteiger partial charge in [-0.2, -0.15) is 0 Å². The minimum atomic E-state index is -0.0627. The normalized spacial score (nSPS) is 17.7. The Hall–Kier alpha value is -1.55. The van der Waals surface area contributed by atoms with Crippen LogP contribution < -0.4 is 0 Å². The second-order valence-corrected chi connectivity index (χ2v) is 4.06. The van der Waals surface area contributed by atoms with E-state index in [0.717, 1.165) is 17.3 Å². The number of aliphatic imine (C=N–C) groups is 1. The Bertz CT molecular complexity index is 451. The van der Waals surface area contributed by atoms with Gasteiger partial charge in [0.15, 0.2) is 0 Å². The van der Waals surface area contributed by atoms with Crippen LogP contribution >= 0.6 is 11.8 Å². The standard InChI is InChI=1S/C12H11NO2S/c1-2-15-12-13-10(11(14)16-12)8-9-6-4-3-5-7-9/h3-8H,2H2,1H3/b10-8+. The zero-order valence-electron chi connectivity index (χ0n) is 8.84. The average molecular weight is 233 g/mol. The monoisotopic (exact) mass is 233 g/mol. The summed E-state index contributed by atoms with van der Waals surface area (Å²) in [6.07, 6.45) is 1.77. The van der Waals surface area contributed by atoms with Crippen molar-refractivity contribution in [3.8, 4) is 0 Å². The summed E-state index contributed by atoms with van der Waals surface area (Å²) in [5, 5.41) is 0.377. The predicted octanol–water partition coefficient (Wildman–Crippen LogP) is 2.69. The Labute approximate surface area is 98.2 Å². The van der Waals surface area contributed by atoms with Crippen LogP contribution in [0.1, 0.15) is 12.5 Å². The zero-order valence-corrected chi connectivity index (χ0v) is 9.66. The van der Waals surface area contributed by atoms with E-state index in [1.165, 1.54) is 0 Å². The maximum atomic E-state index is 11.6. The third-order valence-corrected chi connectivity index (χ3v) is 2.75. The van der Waals surface area contributed by atoms with Gasteiger partial charge in [0.2, 0.25) is 5.12 Å². The van der Waals surface area contributed by atoms with Gasteiger partial charge in [-0.1, -0.05) is 30.3 Å². The number of carbonyl (C=O) groups excluding carboxylic acids is 1. The highest BCUT2D eigenvalue weighted by atomic mass is 32.2. The highest BCUT2D eigenvalue weighted by Crippen LogP contribution is 2.25. The fourth-order valence-corrected chi connectivity index (χ4v) is 1.97. The summed E-state index contributed by atoms with van der Waals surface area (Å²) in [6.45, 7) is 2.39. The summed E-state index contributed by atoms with van der Waals surface area (Å²) in [6, 6.07) is 9.64. The molecule has 1 aromatic rings. The van der Waals surface area contributed by atoms with Gasteiger partial charge in [-0.05, 0) is 18.6 Å². The molecule has 0 atom stereocenters. The molecule has 82 valence electrons. The van der Waals surface area contributed by atoms with Gasteiger partial charge in [-0.15, -0.1) is 0 Å². The molecule has 1 aliphatic heterocycles. The first-order chi connectivity index (χ1) is 7.79. The van der Waals surface area contributed by atoms with Crippen LogP contribution in [-0.2, 0) is 9.53 Å². The van der Waals surface area contributed by atoms with Gasteiger partial charge in [0.05, 0.1) is 6.61 Å². The van der Waals surface area contributed by atoms with Crippen LogP contribution in [-0.4, -0.2) is 17.0 Å². The van der Waals surface area contributed by atoms with Crippen molar-refractivity contribution in [2.45, 2.75) is 6.92 Å². The van der Waals surface area contributed by atoms with Crippen LogP contribution in [0.5, 0.6) is 0 Å². The lowest BCUT2D eigenvalue weighted by molar-refractivity contribution is -0.107. The molecule has 1 aliphatic rings. The van der Waals surface area contributed by atoms with Crippen LogP contribution in [0.4, 0.5) is 0 Å². The highest BCUT2D eigenvalue weighted by Gasteiger charge is 2.22. The van der Waals surface area contributed by atoms with E-state index in [1.807, 2.05) is 37.3 Å². The van der Waals surface area contributed by atoms with Crippen LogP contribution in [0.25, 0.3) is 6.08 Å². The molecule has 0 aliphatic carbocycles. The van der Waals surface area contributed by atoms with E-state index < -0.39 is 0 Å². The number of rotatable bonds is 2. The third kappa shape index (κ3) is 2.52. The number of carbonyl (C=O) groups is 1. The van der Waals surface area contributed by atoms with Crippen molar-refractivity contribution in [3.05, 3.63) is 41.6 Å². The number of hydrogen-bond acceptors (Lipinski definition) is 4. The third-order valence-electron chi connectivity index (χ3n) is 1.97. The molecule has 16 heavy (non-hydrogen) atoms. The molecule has 0 aromatic heterocycles. The van der Waals surface area contributed by atoms with E-state index in [-0.39, 0.29) is 5.12 Å². The summed E-state index contributed by atoms with van der Waals surface area (Å²) in [7, 11) is 0. The fourth-order valence-electron chi connectivity index (χ4n) is 1.28. The lowest BCUT2D eigenvalue weighted by atomic mass is 10.2. The summed E-state index contributed by atoms with van der Waals surface area (Å²) >= 11 is 1.04. The minimum absolute atomic E-state index is 0.0627. The molecular weight excluding hydrogens is 222 g/mol. The fraction of sp³-hybridized carbons (Fsp3) is 0.167. The van der Waals surface area contributed by atoms with Gasteiger partial charge in [-0.3, -0.25) is 4.79 Å². The van der Waals surface area contributed by atoms with Crippen LogP contribution in [0.15, 0.2) is 41.0 Å². The number of benzene rings is 1. The molecular formula is C12H11NO2S. The molecule has 0 spiro atoms. The number of thioether (sulfide) groups is 1. The van der Waals surface area contributed by atoms with E-state index >= 15 is 0 Å². The lowest BCUT2D eigenvalue weighted by Crippen LogP contribution is -1.95. The highest BCUT2D eigenvalue weighted by molar-refractivity contribution is 8.26. The van der Waals surface area contributed by atoms with Gasteiger partial charge in [0, 0.05) is 11.8 Å². The molecule has 0 saturated carbocycles. The first-order valence-electron chi connectivity index (χ1n) is 5.00. The van der Waals surface area contributed by atoms with Crippen molar-refractivity contribution < 1.29 is 9.53 Å². The first kappa shape index (κ1) is 11.0. The predicted molar refractivity (Wildman–Crippen MR) is 66.1 cm³/mol. The smallest absolute Gasteiger partial charge is 0.259 e. The summed E-state index contributed by atoms with van der Waals surface area (Å²) in [5.41, 5.74) is 1.41. The van der Waals surface area contributed by atoms with E-state index in [2.05, 4.69) is 4.99 Å². The second-order valence-electron chi connectivity index (χ2n) is 3.14. The van der Waals surface area contributed by atoms with E-state index in [9.17, 15) is 4.79 Å². The van der Waals surface area contributed by atoms with Crippen molar-refractivity contribution in [2.75, 3.05) is 6.61 Å². The van der Waals surface area contributed by atoms with Gasteiger partial charge in [0.25, 0.3) is 5.23 Å². The molecule has 0 unspecified atom stereocenters. The molecule has 1 aromatic carbocycles. The molecule has 1 heterocycles. The maximum Gasteiger partial charge on any atom is 0.259 e. The quantitative estimate of drug-likeness (QED) is 0.737. The Balaban J connectivity index is 2.22. The van der Waals surface area contributed by atoms with Crippen molar-refractivity contribution in [1.82, 2.24) is 0 Å². The van der Waals surface area contributed by atoms with Gasteiger partial charge in [0.1, 0.15) is 5.70 Å². The van der Waals surface area contributed by atoms with Crippen molar-refractivity contribution in [2.24, 2.45) is 4.99 Å². The van der Waals surface area contributed by atoms with Gasteiger partial charge >= 0.3 is 0 Å². The van der Waals surface area contributed by atoms with Crippen molar-refractivity contribution >= 4 is 28.2 Å². The van der Waals surface area contributed by atoms with Crippen molar-refractivity contribution in [1.29, 1.82) is 0 Å². The molecule has 0 radical (unpaired) electrons. The molecule has 0 bridgehead atoms. The van der Waals surface area contributed by atoms with Crippen LogP contribution in [0.2, 0.25) is 0 Å². The van der Waals surface area contributed by atoms with E-state index in [1.54, 1.807) is 6.08 Å². The minimum Gasteiger partial charge on any atom is -0.473 e. The number of hydrogen-bond donors (Lipinski definition) is 0. The van der Waals surface area contributed by atoms with Gasteiger partial charge in [-0.25, -0.2) is 4.99 Å². The molecule has 0 saturated heterocycles. The van der Waals surface area contributed by atoms with E-state index in [0.29, 0.717) is 17.5 Å². The SMILES string of the molecule is CCOC1=N/C(=C/c2ccccc2)C(=O)S1. The lowest BCUT2D eigenvalue weighted by Gasteiger charge is -1.95. The number of nitrogens with zero attached hydrogens (tertiary/aromatic N) is 1. The molecule has 4 heteroatoms. The summed E-state index contributed by atoms with van der Waals surface area (Å²) < 4.78 is 5.19. The largest absolute Gasteiger partial charge is 0.473 e. The van der Waals surface area contributed by atoms with Crippen LogP contribution in [0.3, 0.4) is 0 Å². The van der Waals surface area contributed by atoms with Gasteiger partial charge < -0.3 is 4.74 Å². The van der Waals surface area contributed by atoms with Crippen molar-refractivity contribution in [3.63, 3.8) is 0 Å². The zero-order chi connectivity index (χ0) is 11.4. The van der Waals surface area contributed by atoms with Crippen LogP contribution in [0, 0.1) is 0 Å². The molecule has 0 N–H and O–H groups in total. The molecule has 0 fully saturated rings. The Kier molecular flexibility index (Phi) is 3.41. The Morgan fingerprint density at radius 3 is 2.81 bits per heavy atom.